The van der Waals surface area contributed by atoms with Crippen LogP contribution >= 0.6 is 0 Å². The van der Waals surface area contributed by atoms with Gasteiger partial charge >= 0.3 is 6.09 Å². The third-order valence-corrected chi connectivity index (χ3v) is 6.14. The van der Waals surface area contributed by atoms with Crippen LogP contribution in [0.3, 0.4) is 0 Å². The Morgan fingerprint density at radius 1 is 1.31 bits per heavy atom. The first kappa shape index (κ1) is 20.6. The van der Waals surface area contributed by atoms with Gasteiger partial charge in [-0.15, -0.1) is 0 Å². The average Bonchev–Trinajstić information content (AvgIpc) is 2.54. The number of benzene rings is 1. The van der Waals surface area contributed by atoms with Gasteiger partial charge in [-0.2, -0.15) is 4.31 Å². The van der Waals surface area contributed by atoms with E-state index >= 15 is 0 Å². The molecule has 0 saturated carbocycles. The summed E-state index contributed by atoms with van der Waals surface area (Å²) in [6, 6.07) is 5.12. The number of ether oxygens (including phenoxy) is 1. The maximum atomic E-state index is 13.0. The van der Waals surface area contributed by atoms with Crippen molar-refractivity contribution in [1.29, 1.82) is 0 Å². The first-order valence-electron chi connectivity index (χ1n) is 8.66. The Morgan fingerprint density at radius 2 is 1.92 bits per heavy atom. The van der Waals surface area contributed by atoms with Crippen molar-refractivity contribution in [2.45, 2.75) is 51.0 Å². The van der Waals surface area contributed by atoms with Crippen molar-refractivity contribution in [3.63, 3.8) is 0 Å². The number of carbonyl (C=O) groups is 1. The van der Waals surface area contributed by atoms with Crippen molar-refractivity contribution in [3.8, 4) is 0 Å². The van der Waals surface area contributed by atoms with Gasteiger partial charge in [-0.05, 0) is 51.3 Å². The van der Waals surface area contributed by atoms with Crippen LogP contribution < -0.4 is 0 Å². The molecule has 8 heteroatoms. The van der Waals surface area contributed by atoms with Crippen LogP contribution in [0.15, 0.2) is 24.3 Å². The molecule has 0 bridgehead atoms. The van der Waals surface area contributed by atoms with E-state index in [0.29, 0.717) is 31.5 Å². The summed E-state index contributed by atoms with van der Waals surface area (Å²) in [5.74, 6) is -0.605. The van der Waals surface area contributed by atoms with Crippen LogP contribution in [0.25, 0.3) is 0 Å². The van der Waals surface area contributed by atoms with Gasteiger partial charge in [-0.3, -0.25) is 0 Å². The topological polar surface area (TPSA) is 66.9 Å². The Morgan fingerprint density at radius 3 is 2.50 bits per heavy atom. The Labute approximate surface area is 155 Å². The molecule has 6 nitrogen and oxygen atoms in total. The van der Waals surface area contributed by atoms with E-state index in [9.17, 15) is 17.6 Å². The second-order valence-corrected chi connectivity index (χ2v) is 9.65. The standard InChI is InChI=1S/C18H27FN2O4S/c1-18(2,3)25-17(22)21-11-5-6-16(12-21)20(4)26(23,24)13-14-7-9-15(19)10-8-14/h7-10,16H,5-6,11-13H2,1-4H3/t16-/m0/s1. The van der Waals surface area contributed by atoms with Crippen LogP contribution in [0.4, 0.5) is 9.18 Å². The van der Waals surface area contributed by atoms with Crippen molar-refractivity contribution in [2.24, 2.45) is 0 Å². The van der Waals surface area contributed by atoms with Crippen molar-refractivity contribution in [3.05, 3.63) is 35.6 Å². The predicted molar refractivity (Wildman–Crippen MR) is 97.6 cm³/mol. The molecule has 2 rings (SSSR count). The molecule has 26 heavy (non-hydrogen) atoms. The number of likely N-dealkylation sites (N-methyl/N-ethyl adjacent to an activating group) is 1. The first-order valence-corrected chi connectivity index (χ1v) is 10.3. The minimum atomic E-state index is -3.58. The van der Waals surface area contributed by atoms with Gasteiger partial charge in [-0.25, -0.2) is 17.6 Å². The van der Waals surface area contributed by atoms with Gasteiger partial charge in [-0.1, -0.05) is 12.1 Å². The largest absolute Gasteiger partial charge is 0.444 e. The summed E-state index contributed by atoms with van der Waals surface area (Å²) in [4.78, 5) is 13.8. The molecule has 1 aromatic rings. The number of piperidine rings is 1. The summed E-state index contributed by atoms with van der Waals surface area (Å²) in [5, 5.41) is 0. The summed E-state index contributed by atoms with van der Waals surface area (Å²) in [6.07, 6.45) is 0.963. The third kappa shape index (κ3) is 5.67. The molecule has 0 N–H and O–H groups in total. The van der Waals surface area contributed by atoms with Gasteiger partial charge in [0.15, 0.2) is 0 Å². The number of amides is 1. The number of hydrogen-bond donors (Lipinski definition) is 0. The Balaban J connectivity index is 2.04. The zero-order chi connectivity index (χ0) is 19.5. The molecule has 0 aliphatic carbocycles. The highest BCUT2D eigenvalue weighted by atomic mass is 32.2. The van der Waals surface area contributed by atoms with E-state index in [1.54, 1.807) is 25.7 Å². The van der Waals surface area contributed by atoms with E-state index in [2.05, 4.69) is 0 Å². The number of nitrogens with zero attached hydrogens (tertiary/aromatic N) is 2. The Bertz CT molecular complexity index is 729. The van der Waals surface area contributed by atoms with Gasteiger partial charge in [0.05, 0.1) is 5.75 Å². The van der Waals surface area contributed by atoms with E-state index < -0.39 is 27.5 Å². The fourth-order valence-corrected chi connectivity index (χ4v) is 4.31. The SMILES string of the molecule is CN([C@H]1CCCN(C(=O)OC(C)(C)C)C1)S(=O)(=O)Cc1ccc(F)cc1. The van der Waals surface area contributed by atoms with E-state index in [4.69, 9.17) is 4.74 Å². The van der Waals surface area contributed by atoms with E-state index in [-0.39, 0.29) is 11.8 Å². The van der Waals surface area contributed by atoms with Crippen LogP contribution in [0.2, 0.25) is 0 Å². The highest BCUT2D eigenvalue weighted by Crippen LogP contribution is 2.21. The molecule has 1 fully saturated rings. The lowest BCUT2D eigenvalue weighted by atomic mass is 10.1. The minimum absolute atomic E-state index is 0.202. The van der Waals surface area contributed by atoms with Crippen molar-refractivity contribution < 1.29 is 22.3 Å². The molecule has 1 aliphatic rings. The van der Waals surface area contributed by atoms with Crippen LogP contribution in [0.1, 0.15) is 39.2 Å². The summed E-state index contributed by atoms with van der Waals surface area (Å²) in [5.41, 5.74) is -0.0667. The fraction of sp³-hybridized carbons (Fsp3) is 0.611. The summed E-state index contributed by atoms with van der Waals surface area (Å²) in [7, 11) is -2.05. The smallest absolute Gasteiger partial charge is 0.410 e. The molecule has 1 amide bonds. The second kappa shape index (κ2) is 7.92. The maximum absolute atomic E-state index is 13.0. The Kier molecular flexibility index (Phi) is 6.29. The molecule has 1 aromatic carbocycles. The number of carbonyl (C=O) groups excluding carboxylic acids is 1. The molecule has 146 valence electrons. The number of halogens is 1. The third-order valence-electron chi connectivity index (χ3n) is 4.26. The number of likely N-dealkylation sites (tertiary alicyclic amines) is 1. The van der Waals surface area contributed by atoms with E-state index in [0.717, 1.165) is 0 Å². The molecule has 0 spiro atoms. The number of hydrogen-bond acceptors (Lipinski definition) is 4. The molecular weight excluding hydrogens is 359 g/mol. The van der Waals surface area contributed by atoms with Gasteiger partial charge < -0.3 is 9.64 Å². The zero-order valence-corrected chi connectivity index (χ0v) is 16.6. The van der Waals surface area contributed by atoms with Crippen LogP contribution in [0, 0.1) is 5.82 Å². The summed E-state index contributed by atoms with van der Waals surface area (Å²) < 4.78 is 45.1. The van der Waals surface area contributed by atoms with Crippen molar-refractivity contribution >= 4 is 16.1 Å². The lowest BCUT2D eigenvalue weighted by Crippen LogP contribution is -2.51. The molecule has 0 radical (unpaired) electrons. The molecule has 1 aliphatic heterocycles. The molecule has 1 saturated heterocycles. The minimum Gasteiger partial charge on any atom is -0.444 e. The lowest BCUT2D eigenvalue weighted by molar-refractivity contribution is 0.0163. The van der Waals surface area contributed by atoms with Gasteiger partial charge in [0.1, 0.15) is 11.4 Å². The Hall–Kier alpha value is -1.67. The first-order chi connectivity index (χ1) is 12.0. The molecule has 0 aromatic heterocycles. The molecule has 0 unspecified atom stereocenters. The quantitative estimate of drug-likeness (QED) is 0.798. The monoisotopic (exact) mass is 386 g/mol. The average molecular weight is 386 g/mol. The second-order valence-electron chi connectivity index (χ2n) is 7.62. The molecular formula is C18H27FN2O4S. The maximum Gasteiger partial charge on any atom is 0.410 e. The highest BCUT2D eigenvalue weighted by Gasteiger charge is 2.33. The van der Waals surface area contributed by atoms with E-state index in [1.807, 2.05) is 0 Å². The van der Waals surface area contributed by atoms with Gasteiger partial charge in [0.25, 0.3) is 0 Å². The fourth-order valence-electron chi connectivity index (χ4n) is 2.86. The normalized spacial score (nSPS) is 18.8. The van der Waals surface area contributed by atoms with Crippen LogP contribution in [-0.4, -0.2) is 55.5 Å². The van der Waals surface area contributed by atoms with Gasteiger partial charge in [0.2, 0.25) is 10.0 Å². The van der Waals surface area contributed by atoms with E-state index in [1.165, 1.54) is 35.6 Å². The van der Waals surface area contributed by atoms with Crippen molar-refractivity contribution in [2.75, 3.05) is 20.1 Å². The highest BCUT2D eigenvalue weighted by molar-refractivity contribution is 7.88. The summed E-state index contributed by atoms with van der Waals surface area (Å²) in [6.45, 7) is 6.24. The zero-order valence-electron chi connectivity index (χ0n) is 15.7. The summed E-state index contributed by atoms with van der Waals surface area (Å²) >= 11 is 0. The number of sulfonamides is 1. The van der Waals surface area contributed by atoms with Crippen molar-refractivity contribution in [1.82, 2.24) is 9.21 Å². The number of rotatable bonds is 4. The predicted octanol–water partition coefficient (Wildman–Crippen LogP) is 2.99. The van der Waals surface area contributed by atoms with Gasteiger partial charge in [0, 0.05) is 26.2 Å². The molecule has 1 heterocycles. The van der Waals surface area contributed by atoms with Crippen LogP contribution in [0.5, 0.6) is 0 Å². The lowest BCUT2D eigenvalue weighted by Gasteiger charge is -2.37. The molecule has 1 atom stereocenters. The van der Waals surface area contributed by atoms with Crippen LogP contribution in [-0.2, 0) is 20.5 Å².